The summed E-state index contributed by atoms with van der Waals surface area (Å²) in [7, 11) is 0. The molecule has 0 heterocycles. The molecule has 0 aromatic heterocycles. The van der Waals surface area contributed by atoms with Gasteiger partial charge >= 0.3 is 0 Å². The highest BCUT2D eigenvalue weighted by Crippen LogP contribution is 1.62. The first-order valence-electron chi connectivity index (χ1n) is 2.19. The maximum Gasteiger partial charge on any atom is 0.252 e. The van der Waals surface area contributed by atoms with Crippen LogP contribution in [-0.4, -0.2) is 17.7 Å². The number of nitroso groups, excluding NO2 is 1. The van der Waals surface area contributed by atoms with Crippen LogP contribution < -0.4 is 10.7 Å². The number of rotatable bonds is 3. The molecule has 0 bridgehead atoms. The minimum Gasteiger partial charge on any atom is -0.330 e. The molecule has 0 fully saturated rings. The lowest BCUT2D eigenvalue weighted by molar-refractivity contribution is -0.525. The van der Waals surface area contributed by atoms with Crippen LogP contribution in [0.15, 0.2) is 5.18 Å². The molecule has 0 rings (SSSR count). The third-order valence-electron chi connectivity index (χ3n) is 0.523. The van der Waals surface area contributed by atoms with E-state index in [2.05, 4.69) is 5.18 Å². The molecule has 0 aromatic carbocycles. The van der Waals surface area contributed by atoms with Gasteiger partial charge in [-0.1, -0.05) is 5.43 Å². The molecular formula is C2H5N5O3. The maximum atomic E-state index is 9.58. The monoisotopic (exact) mass is 147 g/mol. The summed E-state index contributed by atoms with van der Waals surface area (Å²) in [5.74, 6) is -0.565. The number of nitrogens with zero attached hydrogens (tertiary/aromatic N) is 2. The second-order valence-electron chi connectivity index (χ2n) is 1.21. The molecular weight excluding hydrogens is 142 g/mol. The first-order valence-corrected chi connectivity index (χ1v) is 2.19. The molecule has 3 N–H and O–H groups in total. The van der Waals surface area contributed by atoms with E-state index in [1.165, 1.54) is 5.43 Å². The number of nitro groups is 1. The Hall–Kier alpha value is -1.73. The van der Waals surface area contributed by atoms with Gasteiger partial charge in [0.05, 0.1) is 0 Å². The Morgan fingerprint density at radius 3 is 2.80 bits per heavy atom. The fraction of sp³-hybridized carbons (Fsp3) is 0.500. The highest BCUT2D eigenvalue weighted by molar-refractivity contribution is 5.74. The van der Waals surface area contributed by atoms with Crippen molar-refractivity contribution in [2.24, 2.45) is 5.18 Å². The summed E-state index contributed by atoms with van der Waals surface area (Å²) in [4.78, 5) is 19.0. The molecule has 56 valence electrons. The Morgan fingerprint density at radius 1 is 1.80 bits per heavy atom. The Morgan fingerprint density at radius 2 is 2.40 bits per heavy atom. The van der Waals surface area contributed by atoms with Crippen LogP contribution in [-0.2, 0) is 0 Å². The molecule has 0 saturated carbocycles. The van der Waals surface area contributed by atoms with E-state index < -0.39 is 11.0 Å². The number of hydrogen-bond acceptors (Lipinski definition) is 5. The molecule has 0 aliphatic heterocycles. The van der Waals surface area contributed by atoms with Gasteiger partial charge in [0.1, 0.15) is 0 Å². The van der Waals surface area contributed by atoms with E-state index in [-0.39, 0.29) is 6.67 Å². The normalized spacial score (nSPS) is 8.00. The van der Waals surface area contributed by atoms with Gasteiger partial charge in [0.25, 0.3) is 5.96 Å². The van der Waals surface area contributed by atoms with Crippen molar-refractivity contribution in [2.75, 3.05) is 6.67 Å². The van der Waals surface area contributed by atoms with Crippen molar-refractivity contribution in [3.63, 3.8) is 0 Å². The van der Waals surface area contributed by atoms with Crippen LogP contribution >= 0.6 is 0 Å². The molecule has 0 unspecified atom stereocenters. The Bertz CT molecular complexity index is 155. The first kappa shape index (κ1) is 8.27. The van der Waals surface area contributed by atoms with Crippen LogP contribution in [0, 0.1) is 20.4 Å². The van der Waals surface area contributed by atoms with Crippen LogP contribution in [0.3, 0.4) is 0 Å². The summed E-state index contributed by atoms with van der Waals surface area (Å²) in [5.41, 5.74) is 1.47. The predicted octanol–water partition coefficient (Wildman–Crippen LogP) is -0.984. The van der Waals surface area contributed by atoms with Gasteiger partial charge in [-0.25, -0.2) is 10.1 Å². The summed E-state index contributed by atoms with van der Waals surface area (Å²) in [6, 6.07) is 0. The van der Waals surface area contributed by atoms with E-state index in [1.54, 1.807) is 0 Å². The minimum atomic E-state index is -0.917. The molecule has 0 aromatic rings. The fourth-order valence-electron chi connectivity index (χ4n) is 0.242. The van der Waals surface area contributed by atoms with Gasteiger partial charge in [0, 0.05) is 0 Å². The standard InChI is InChI=1S/C2H5N5O3/c3-2(4-1-5-8)6-7(9)10/h1H2,(H3,3,4,6). The van der Waals surface area contributed by atoms with Crippen LogP contribution in [0.1, 0.15) is 0 Å². The highest BCUT2D eigenvalue weighted by Gasteiger charge is 1.99. The molecule has 0 amide bonds. The molecule has 0 aliphatic carbocycles. The van der Waals surface area contributed by atoms with Crippen LogP contribution in [0.2, 0.25) is 0 Å². The molecule has 0 atom stereocenters. The second-order valence-corrected chi connectivity index (χ2v) is 1.21. The smallest absolute Gasteiger partial charge is 0.252 e. The van der Waals surface area contributed by atoms with E-state index in [9.17, 15) is 15.0 Å². The number of guanidine groups is 1. The van der Waals surface area contributed by atoms with Crippen molar-refractivity contribution in [1.29, 1.82) is 5.41 Å². The predicted molar refractivity (Wildman–Crippen MR) is 31.7 cm³/mol. The quantitative estimate of drug-likeness (QED) is 0.156. The Kier molecular flexibility index (Phi) is 3.46. The van der Waals surface area contributed by atoms with Gasteiger partial charge in [-0.3, -0.25) is 5.41 Å². The summed E-state index contributed by atoms with van der Waals surface area (Å²) < 4.78 is 0. The van der Waals surface area contributed by atoms with Gasteiger partial charge in [-0.05, 0) is 5.18 Å². The average molecular weight is 147 g/mol. The van der Waals surface area contributed by atoms with E-state index in [0.29, 0.717) is 0 Å². The lowest BCUT2D eigenvalue weighted by Crippen LogP contribution is -2.39. The molecule has 0 radical (unpaired) electrons. The highest BCUT2D eigenvalue weighted by atomic mass is 16.7. The molecule has 8 nitrogen and oxygen atoms in total. The van der Waals surface area contributed by atoms with E-state index in [4.69, 9.17) is 5.41 Å². The third kappa shape index (κ3) is 4.43. The van der Waals surface area contributed by atoms with Crippen molar-refractivity contribution in [3.05, 3.63) is 15.0 Å². The van der Waals surface area contributed by atoms with Gasteiger partial charge in [-0.15, -0.1) is 4.91 Å². The summed E-state index contributed by atoms with van der Waals surface area (Å²) >= 11 is 0. The van der Waals surface area contributed by atoms with Crippen LogP contribution in [0.4, 0.5) is 0 Å². The molecule has 0 saturated heterocycles. The maximum absolute atomic E-state index is 9.58. The van der Waals surface area contributed by atoms with Crippen LogP contribution in [0.5, 0.6) is 0 Å². The lowest BCUT2D eigenvalue weighted by Gasteiger charge is -1.97. The third-order valence-corrected chi connectivity index (χ3v) is 0.523. The zero-order chi connectivity index (χ0) is 7.98. The zero-order valence-electron chi connectivity index (χ0n) is 4.83. The zero-order valence-corrected chi connectivity index (χ0v) is 4.83. The largest absolute Gasteiger partial charge is 0.330 e. The van der Waals surface area contributed by atoms with Crippen molar-refractivity contribution >= 4 is 5.96 Å². The number of hydrazine groups is 1. The van der Waals surface area contributed by atoms with Gasteiger partial charge in [0.2, 0.25) is 0 Å². The summed E-state index contributed by atoms with van der Waals surface area (Å²) in [6.07, 6.45) is 0. The van der Waals surface area contributed by atoms with Crippen molar-refractivity contribution < 1.29 is 5.03 Å². The first-order chi connectivity index (χ1) is 4.66. The van der Waals surface area contributed by atoms with Crippen molar-refractivity contribution in [3.8, 4) is 0 Å². The number of hydrogen-bond donors (Lipinski definition) is 3. The fourth-order valence-corrected chi connectivity index (χ4v) is 0.242. The number of nitrogens with one attached hydrogen (secondary N) is 3. The van der Waals surface area contributed by atoms with E-state index in [0.717, 1.165) is 0 Å². The summed E-state index contributed by atoms with van der Waals surface area (Å²) in [6.45, 7) is -0.361. The van der Waals surface area contributed by atoms with E-state index >= 15 is 0 Å². The molecule has 8 heteroatoms. The van der Waals surface area contributed by atoms with Crippen molar-refractivity contribution in [2.45, 2.75) is 0 Å². The average Bonchev–Trinajstić information content (AvgIpc) is 1.82. The minimum absolute atomic E-state index is 0.361. The molecule has 0 aliphatic rings. The van der Waals surface area contributed by atoms with Crippen molar-refractivity contribution in [1.82, 2.24) is 10.7 Å². The Labute approximate surface area is 55.2 Å². The lowest BCUT2D eigenvalue weighted by atomic mass is 10.9. The Balaban J connectivity index is 3.43. The summed E-state index contributed by atoms with van der Waals surface area (Å²) in [5, 5.41) is 19.7. The second kappa shape index (κ2) is 4.18. The van der Waals surface area contributed by atoms with Crippen LogP contribution in [0.25, 0.3) is 0 Å². The van der Waals surface area contributed by atoms with Gasteiger partial charge < -0.3 is 5.32 Å². The molecule has 10 heavy (non-hydrogen) atoms. The SMILES string of the molecule is N=C(NCN=O)N[N+](=O)[O-]. The van der Waals surface area contributed by atoms with Gasteiger partial charge in [0.15, 0.2) is 11.7 Å². The topological polar surface area (TPSA) is 120 Å². The van der Waals surface area contributed by atoms with E-state index in [1.807, 2.05) is 5.32 Å². The molecule has 0 spiro atoms. The van der Waals surface area contributed by atoms with Gasteiger partial charge in [-0.2, -0.15) is 0 Å².